The molecule has 1 rings (SSSR count). The third-order valence-corrected chi connectivity index (χ3v) is 2.22. The Labute approximate surface area is 94.7 Å². The summed E-state index contributed by atoms with van der Waals surface area (Å²) in [5.41, 5.74) is 5.48. The average Bonchev–Trinajstić information content (AvgIpc) is 2.16. The highest BCUT2D eigenvalue weighted by Gasteiger charge is 2.06. The van der Waals surface area contributed by atoms with Crippen molar-refractivity contribution in [2.75, 3.05) is 24.2 Å². The highest BCUT2D eigenvalue weighted by Crippen LogP contribution is 2.11. The molecule has 1 heterocycles. The number of aromatic nitrogens is 3. The van der Waals surface area contributed by atoms with E-state index in [9.17, 15) is 0 Å². The first-order valence-electron chi connectivity index (χ1n) is 5.01. The second kappa shape index (κ2) is 5.70. The van der Waals surface area contributed by atoms with E-state index < -0.39 is 0 Å². The van der Waals surface area contributed by atoms with Crippen molar-refractivity contribution in [2.45, 2.75) is 26.2 Å². The van der Waals surface area contributed by atoms with Crippen LogP contribution in [0.5, 0.6) is 0 Å². The summed E-state index contributed by atoms with van der Waals surface area (Å²) in [6, 6.07) is 0. The van der Waals surface area contributed by atoms with Crippen LogP contribution in [0.1, 0.15) is 26.2 Å². The largest absolute Gasteiger partial charge is 0.368 e. The van der Waals surface area contributed by atoms with Crippen molar-refractivity contribution in [2.24, 2.45) is 0 Å². The van der Waals surface area contributed by atoms with E-state index in [-0.39, 0.29) is 11.2 Å². The smallest absolute Gasteiger partial charge is 0.231 e. The number of nitrogens with zero attached hydrogens (tertiary/aromatic N) is 4. The number of rotatable bonds is 5. The Morgan fingerprint density at radius 2 is 2.00 bits per heavy atom. The van der Waals surface area contributed by atoms with Gasteiger partial charge in [0, 0.05) is 13.6 Å². The molecule has 15 heavy (non-hydrogen) atoms. The summed E-state index contributed by atoms with van der Waals surface area (Å²) in [7, 11) is 1.92. The molecule has 0 radical (unpaired) electrons. The molecule has 0 atom stereocenters. The van der Waals surface area contributed by atoms with E-state index in [2.05, 4.69) is 21.9 Å². The molecule has 0 saturated heterocycles. The van der Waals surface area contributed by atoms with E-state index >= 15 is 0 Å². The van der Waals surface area contributed by atoms with Crippen LogP contribution in [0.25, 0.3) is 0 Å². The van der Waals surface area contributed by atoms with Crippen LogP contribution in [0.3, 0.4) is 0 Å². The standard InChI is InChI=1S/C9H16ClN5/c1-3-4-5-6-15(2)9-13-7(10)12-8(11)14-9/h3-6H2,1-2H3,(H2,11,12,13,14). The predicted octanol–water partition coefficient (Wildman–Crippen LogP) is 1.73. The lowest BCUT2D eigenvalue weighted by Crippen LogP contribution is -2.21. The molecule has 2 N–H and O–H groups in total. The summed E-state index contributed by atoms with van der Waals surface area (Å²) < 4.78 is 0. The summed E-state index contributed by atoms with van der Waals surface area (Å²) in [5, 5.41) is 0.139. The van der Waals surface area contributed by atoms with Gasteiger partial charge in [-0.25, -0.2) is 0 Å². The molecule has 1 aromatic rings. The van der Waals surface area contributed by atoms with Crippen LogP contribution < -0.4 is 10.6 Å². The number of hydrogen-bond acceptors (Lipinski definition) is 5. The zero-order valence-corrected chi connectivity index (χ0v) is 9.83. The summed E-state index contributed by atoms with van der Waals surface area (Å²) in [6.07, 6.45) is 3.49. The molecule has 6 heteroatoms. The monoisotopic (exact) mass is 229 g/mol. The Balaban J connectivity index is 2.60. The van der Waals surface area contributed by atoms with Crippen LogP contribution in [0.2, 0.25) is 5.28 Å². The van der Waals surface area contributed by atoms with Crippen molar-refractivity contribution >= 4 is 23.5 Å². The second-order valence-corrected chi connectivity index (χ2v) is 3.73. The minimum absolute atomic E-state index is 0.139. The third-order valence-electron chi connectivity index (χ3n) is 2.05. The Hall–Kier alpha value is -1.10. The quantitative estimate of drug-likeness (QED) is 0.779. The Morgan fingerprint density at radius 1 is 1.27 bits per heavy atom. The minimum Gasteiger partial charge on any atom is -0.368 e. The SMILES string of the molecule is CCCCCN(C)c1nc(N)nc(Cl)n1. The summed E-state index contributed by atoms with van der Waals surface area (Å²) in [5.74, 6) is 0.691. The Morgan fingerprint density at radius 3 is 2.60 bits per heavy atom. The zero-order chi connectivity index (χ0) is 11.3. The first kappa shape index (κ1) is 12.0. The van der Waals surface area contributed by atoms with Gasteiger partial charge in [-0.05, 0) is 18.0 Å². The lowest BCUT2D eigenvalue weighted by molar-refractivity contribution is 0.695. The van der Waals surface area contributed by atoms with E-state index in [1.165, 1.54) is 12.8 Å². The number of hydrogen-bond donors (Lipinski definition) is 1. The highest BCUT2D eigenvalue weighted by atomic mass is 35.5. The molecule has 0 aliphatic carbocycles. The van der Waals surface area contributed by atoms with Crippen molar-refractivity contribution in [3.8, 4) is 0 Å². The van der Waals surface area contributed by atoms with E-state index in [1.807, 2.05) is 11.9 Å². The van der Waals surface area contributed by atoms with Crippen LogP contribution in [-0.4, -0.2) is 28.5 Å². The number of nitrogen functional groups attached to an aromatic ring is 1. The van der Waals surface area contributed by atoms with E-state index in [1.54, 1.807) is 0 Å². The van der Waals surface area contributed by atoms with Gasteiger partial charge in [-0.15, -0.1) is 0 Å². The summed E-state index contributed by atoms with van der Waals surface area (Å²) in [4.78, 5) is 13.6. The maximum absolute atomic E-state index is 5.69. The Bertz CT molecular complexity index is 297. The number of nitrogens with two attached hydrogens (primary N) is 1. The summed E-state index contributed by atoms with van der Waals surface area (Å²) in [6.45, 7) is 3.06. The number of anilines is 2. The topological polar surface area (TPSA) is 67.9 Å². The van der Waals surface area contributed by atoms with Crippen molar-refractivity contribution in [3.05, 3.63) is 5.28 Å². The van der Waals surface area contributed by atoms with Gasteiger partial charge < -0.3 is 10.6 Å². The van der Waals surface area contributed by atoms with Crippen molar-refractivity contribution in [1.29, 1.82) is 0 Å². The zero-order valence-electron chi connectivity index (χ0n) is 9.07. The number of unbranched alkanes of at least 4 members (excludes halogenated alkanes) is 2. The van der Waals surface area contributed by atoms with Crippen LogP contribution >= 0.6 is 11.6 Å². The lowest BCUT2D eigenvalue weighted by atomic mass is 10.2. The molecule has 0 fully saturated rings. The predicted molar refractivity (Wildman–Crippen MR) is 62.0 cm³/mol. The molecule has 0 unspecified atom stereocenters. The van der Waals surface area contributed by atoms with Gasteiger partial charge in [0.15, 0.2) is 0 Å². The molecule has 84 valence electrons. The van der Waals surface area contributed by atoms with Gasteiger partial charge in [-0.1, -0.05) is 19.8 Å². The molecular formula is C9H16ClN5. The van der Waals surface area contributed by atoms with E-state index in [0.29, 0.717) is 5.95 Å². The molecule has 0 bridgehead atoms. The second-order valence-electron chi connectivity index (χ2n) is 3.39. The van der Waals surface area contributed by atoms with Gasteiger partial charge in [0.1, 0.15) is 0 Å². The van der Waals surface area contributed by atoms with Crippen molar-refractivity contribution < 1.29 is 0 Å². The molecule has 5 nitrogen and oxygen atoms in total. The van der Waals surface area contributed by atoms with E-state index in [4.69, 9.17) is 17.3 Å². The fraction of sp³-hybridized carbons (Fsp3) is 0.667. The van der Waals surface area contributed by atoms with Crippen LogP contribution in [0, 0.1) is 0 Å². The van der Waals surface area contributed by atoms with Gasteiger partial charge in [0.25, 0.3) is 0 Å². The van der Waals surface area contributed by atoms with Crippen LogP contribution in [0.15, 0.2) is 0 Å². The molecule has 0 aliphatic rings. The van der Waals surface area contributed by atoms with Gasteiger partial charge in [-0.2, -0.15) is 15.0 Å². The fourth-order valence-electron chi connectivity index (χ4n) is 1.22. The van der Waals surface area contributed by atoms with Crippen LogP contribution in [0.4, 0.5) is 11.9 Å². The molecule has 0 aromatic carbocycles. The van der Waals surface area contributed by atoms with Crippen LogP contribution in [-0.2, 0) is 0 Å². The Kier molecular flexibility index (Phi) is 4.55. The molecule has 0 spiro atoms. The van der Waals surface area contributed by atoms with Crippen molar-refractivity contribution in [3.63, 3.8) is 0 Å². The van der Waals surface area contributed by atoms with Gasteiger partial charge >= 0.3 is 0 Å². The average molecular weight is 230 g/mol. The normalized spacial score (nSPS) is 10.3. The first-order chi connectivity index (χ1) is 7.13. The molecule has 1 aromatic heterocycles. The first-order valence-corrected chi connectivity index (χ1v) is 5.39. The maximum atomic E-state index is 5.69. The lowest BCUT2D eigenvalue weighted by Gasteiger charge is -2.16. The van der Waals surface area contributed by atoms with E-state index in [0.717, 1.165) is 13.0 Å². The molecule has 0 aliphatic heterocycles. The molecule has 0 saturated carbocycles. The van der Waals surface area contributed by atoms with Gasteiger partial charge in [0.2, 0.25) is 17.2 Å². The van der Waals surface area contributed by atoms with Gasteiger partial charge in [0.05, 0.1) is 0 Å². The minimum atomic E-state index is 0.139. The highest BCUT2D eigenvalue weighted by molar-refractivity contribution is 6.28. The van der Waals surface area contributed by atoms with Crippen molar-refractivity contribution in [1.82, 2.24) is 15.0 Å². The molecule has 0 amide bonds. The summed E-state index contributed by atoms with van der Waals surface area (Å²) >= 11 is 5.69. The number of halogens is 1. The maximum Gasteiger partial charge on any atom is 0.231 e. The molecular weight excluding hydrogens is 214 g/mol. The fourth-order valence-corrected chi connectivity index (χ4v) is 1.39. The third kappa shape index (κ3) is 3.87. The van der Waals surface area contributed by atoms with Gasteiger partial charge in [-0.3, -0.25) is 0 Å².